The van der Waals surface area contributed by atoms with Gasteiger partial charge in [-0.05, 0) is 11.6 Å². The minimum absolute atomic E-state index is 0.0413. The molecule has 1 amide bonds. The lowest BCUT2D eigenvalue weighted by Crippen LogP contribution is -2.21. The Morgan fingerprint density at radius 2 is 2.41 bits per heavy atom. The van der Waals surface area contributed by atoms with Crippen LogP contribution < -0.4 is 5.32 Å². The third kappa shape index (κ3) is 5.51. The number of aromatic nitrogens is 2. The minimum atomic E-state index is -0.0413. The maximum atomic E-state index is 10.8. The zero-order valence-electron chi connectivity index (χ0n) is 9.97. The number of hydrogen-bond acceptors (Lipinski definition) is 2. The highest BCUT2D eigenvalue weighted by molar-refractivity contribution is 5.73. The molecule has 0 radical (unpaired) electrons. The Morgan fingerprint density at radius 3 is 3.00 bits per heavy atom. The van der Waals surface area contributed by atoms with E-state index < -0.39 is 0 Å². The van der Waals surface area contributed by atoms with Crippen molar-refractivity contribution in [2.45, 2.75) is 13.5 Å². The van der Waals surface area contributed by atoms with Crippen LogP contribution in [0.2, 0.25) is 0 Å². The van der Waals surface area contributed by atoms with Crippen molar-refractivity contribution in [2.24, 2.45) is 0 Å². The zero-order valence-corrected chi connectivity index (χ0v) is 9.97. The van der Waals surface area contributed by atoms with E-state index in [1.807, 2.05) is 35.2 Å². The molecule has 0 spiro atoms. The van der Waals surface area contributed by atoms with Gasteiger partial charge in [-0.25, -0.2) is 0 Å². The van der Waals surface area contributed by atoms with Gasteiger partial charge in [0, 0.05) is 25.9 Å². The maximum absolute atomic E-state index is 10.8. The first-order valence-corrected chi connectivity index (χ1v) is 5.42. The molecule has 17 heavy (non-hydrogen) atoms. The van der Waals surface area contributed by atoms with E-state index >= 15 is 0 Å². The number of allylic oxidation sites excluding steroid dienone is 3. The van der Waals surface area contributed by atoms with E-state index in [0.29, 0.717) is 13.1 Å². The predicted molar refractivity (Wildman–Crippen MR) is 68.3 cm³/mol. The van der Waals surface area contributed by atoms with Gasteiger partial charge >= 0.3 is 0 Å². The normalized spacial score (nSPS) is 11.7. The van der Waals surface area contributed by atoms with Crippen LogP contribution in [0.25, 0.3) is 0 Å². The van der Waals surface area contributed by atoms with Crippen molar-refractivity contribution in [1.29, 1.82) is 0 Å². The fourth-order valence-electron chi connectivity index (χ4n) is 1.27. The lowest BCUT2D eigenvalue weighted by molar-refractivity contribution is -0.118. The molecule has 0 aliphatic carbocycles. The number of rotatable bonds is 6. The summed E-state index contributed by atoms with van der Waals surface area (Å²) in [7, 11) is 0. The molecule has 90 valence electrons. The van der Waals surface area contributed by atoms with Gasteiger partial charge in [-0.2, -0.15) is 5.10 Å². The van der Waals surface area contributed by atoms with Crippen molar-refractivity contribution in [3.8, 4) is 0 Å². The van der Waals surface area contributed by atoms with Gasteiger partial charge < -0.3 is 5.32 Å². The molecule has 0 saturated heterocycles. The number of amides is 1. The van der Waals surface area contributed by atoms with Crippen LogP contribution in [-0.4, -0.2) is 22.2 Å². The first kappa shape index (κ1) is 13.0. The summed E-state index contributed by atoms with van der Waals surface area (Å²) in [5.41, 5.74) is 1.00. The molecule has 0 bridgehead atoms. The maximum Gasteiger partial charge on any atom is 0.217 e. The van der Waals surface area contributed by atoms with Crippen molar-refractivity contribution in [3.63, 3.8) is 0 Å². The molecule has 1 rings (SSSR count). The van der Waals surface area contributed by atoms with E-state index in [4.69, 9.17) is 0 Å². The topological polar surface area (TPSA) is 46.9 Å². The number of nitrogens with one attached hydrogen (secondary N) is 1. The van der Waals surface area contributed by atoms with Gasteiger partial charge in [0.2, 0.25) is 5.91 Å². The Labute approximate surface area is 101 Å². The quantitative estimate of drug-likeness (QED) is 0.757. The minimum Gasteiger partial charge on any atom is -0.352 e. The van der Waals surface area contributed by atoms with Gasteiger partial charge in [-0.15, -0.1) is 0 Å². The Kier molecular flexibility index (Phi) is 5.51. The van der Waals surface area contributed by atoms with E-state index in [-0.39, 0.29) is 5.91 Å². The average Bonchev–Trinajstić information content (AvgIpc) is 2.78. The molecule has 4 heteroatoms. The van der Waals surface area contributed by atoms with Gasteiger partial charge in [0.25, 0.3) is 0 Å². The molecule has 0 unspecified atom stereocenters. The highest BCUT2D eigenvalue weighted by Gasteiger charge is 1.93. The molecule has 1 aromatic rings. The molecule has 0 saturated carbocycles. The molecule has 1 N–H and O–H groups in total. The highest BCUT2D eigenvalue weighted by Crippen LogP contribution is 1.97. The Hall–Kier alpha value is -2.10. The fourth-order valence-corrected chi connectivity index (χ4v) is 1.27. The summed E-state index contributed by atoms with van der Waals surface area (Å²) in [5, 5.41) is 6.83. The standard InChI is InChI=1S/C13H17N3O/c1-3-6-13(11-14-12(2)17)7-4-9-16-10-5-8-15-16/h3-8,10H,1,9,11H2,2H3,(H,14,17)/b7-4-,13-6+. The van der Waals surface area contributed by atoms with E-state index in [1.54, 1.807) is 12.3 Å². The Morgan fingerprint density at radius 1 is 1.59 bits per heavy atom. The van der Waals surface area contributed by atoms with Crippen LogP contribution in [0.4, 0.5) is 0 Å². The van der Waals surface area contributed by atoms with Crippen LogP contribution >= 0.6 is 0 Å². The summed E-state index contributed by atoms with van der Waals surface area (Å²) in [5.74, 6) is -0.0413. The fraction of sp³-hybridized carbons (Fsp3) is 0.231. The second-order valence-electron chi connectivity index (χ2n) is 3.52. The monoisotopic (exact) mass is 231 g/mol. The first-order chi connectivity index (χ1) is 8.22. The predicted octanol–water partition coefficient (Wildman–Crippen LogP) is 1.69. The van der Waals surface area contributed by atoms with Crippen LogP contribution in [-0.2, 0) is 11.3 Å². The summed E-state index contributed by atoms with van der Waals surface area (Å²) in [6, 6.07) is 1.88. The van der Waals surface area contributed by atoms with E-state index in [2.05, 4.69) is 17.0 Å². The number of carbonyl (C=O) groups is 1. The van der Waals surface area contributed by atoms with Crippen molar-refractivity contribution < 1.29 is 4.79 Å². The van der Waals surface area contributed by atoms with Crippen LogP contribution in [0.1, 0.15) is 6.92 Å². The molecular formula is C13H17N3O. The van der Waals surface area contributed by atoms with E-state index in [1.165, 1.54) is 6.92 Å². The third-order valence-electron chi connectivity index (χ3n) is 2.06. The molecule has 0 fully saturated rings. The summed E-state index contributed by atoms with van der Waals surface area (Å²) < 4.78 is 1.82. The molecule has 0 aliphatic heterocycles. The number of carbonyl (C=O) groups excluding carboxylic acids is 1. The van der Waals surface area contributed by atoms with Gasteiger partial charge in [0.1, 0.15) is 0 Å². The van der Waals surface area contributed by atoms with Crippen LogP contribution in [0.3, 0.4) is 0 Å². The smallest absolute Gasteiger partial charge is 0.217 e. The molecule has 1 heterocycles. The van der Waals surface area contributed by atoms with Gasteiger partial charge in [0.15, 0.2) is 0 Å². The molecule has 0 aromatic carbocycles. The second kappa shape index (κ2) is 7.22. The number of hydrogen-bond donors (Lipinski definition) is 1. The van der Waals surface area contributed by atoms with Crippen molar-refractivity contribution >= 4 is 5.91 Å². The molecule has 1 aromatic heterocycles. The lowest BCUT2D eigenvalue weighted by atomic mass is 10.2. The van der Waals surface area contributed by atoms with Gasteiger partial charge in [0.05, 0.1) is 6.54 Å². The molecule has 0 atom stereocenters. The SMILES string of the molecule is C=C/C=C(\C=C/Cn1cccn1)CNC(C)=O. The summed E-state index contributed by atoms with van der Waals surface area (Å²) in [4.78, 5) is 10.8. The second-order valence-corrected chi connectivity index (χ2v) is 3.52. The average molecular weight is 231 g/mol. The summed E-state index contributed by atoms with van der Waals surface area (Å²) >= 11 is 0. The Bertz CT molecular complexity index is 416. The third-order valence-corrected chi connectivity index (χ3v) is 2.06. The van der Waals surface area contributed by atoms with Crippen LogP contribution in [0.5, 0.6) is 0 Å². The molecule has 4 nitrogen and oxygen atoms in total. The summed E-state index contributed by atoms with van der Waals surface area (Å²) in [6.45, 7) is 6.36. The lowest BCUT2D eigenvalue weighted by Gasteiger charge is -2.02. The molecule has 0 aliphatic rings. The molecular weight excluding hydrogens is 214 g/mol. The van der Waals surface area contributed by atoms with E-state index in [9.17, 15) is 4.79 Å². The number of nitrogens with zero attached hydrogens (tertiary/aromatic N) is 2. The van der Waals surface area contributed by atoms with Crippen LogP contribution in [0, 0.1) is 0 Å². The van der Waals surface area contributed by atoms with Crippen molar-refractivity contribution in [2.75, 3.05) is 6.54 Å². The van der Waals surface area contributed by atoms with Gasteiger partial charge in [-0.1, -0.05) is 30.9 Å². The van der Waals surface area contributed by atoms with Crippen molar-refractivity contribution in [3.05, 3.63) is 54.9 Å². The largest absolute Gasteiger partial charge is 0.352 e. The Balaban J connectivity index is 2.48. The first-order valence-electron chi connectivity index (χ1n) is 5.42. The summed E-state index contributed by atoms with van der Waals surface area (Å²) in [6.07, 6.45) is 11.2. The van der Waals surface area contributed by atoms with Gasteiger partial charge in [-0.3, -0.25) is 9.48 Å². The highest BCUT2D eigenvalue weighted by atomic mass is 16.1. The van der Waals surface area contributed by atoms with Crippen LogP contribution in [0.15, 0.2) is 54.9 Å². The van der Waals surface area contributed by atoms with E-state index in [0.717, 1.165) is 5.57 Å². The van der Waals surface area contributed by atoms with Crippen molar-refractivity contribution in [1.82, 2.24) is 15.1 Å². The zero-order chi connectivity index (χ0) is 12.5.